The molecule has 2 aromatic carbocycles. The average molecular weight is 351 g/mol. The van der Waals surface area contributed by atoms with Crippen LogP contribution in [0.25, 0.3) is 16.9 Å². The molecule has 26 heavy (non-hydrogen) atoms. The maximum Gasteiger partial charge on any atom is 0.220 e. The first-order valence-electron chi connectivity index (χ1n) is 8.69. The SMILES string of the molecule is CC(C)CC(=O)NCc1cn(-c2ccccc2)nc1-c1ccc(F)cc1. The summed E-state index contributed by atoms with van der Waals surface area (Å²) in [5, 5.41) is 7.61. The first-order chi connectivity index (χ1) is 12.5. The molecule has 0 saturated heterocycles. The van der Waals surface area contributed by atoms with Crippen LogP contribution in [-0.4, -0.2) is 15.7 Å². The quantitative estimate of drug-likeness (QED) is 0.718. The fraction of sp³-hybridized carbons (Fsp3) is 0.238. The standard InChI is InChI=1S/C21H22FN3O/c1-15(2)12-20(26)23-13-17-14-25(19-6-4-3-5-7-19)24-21(17)16-8-10-18(22)11-9-16/h3-11,14-15H,12-13H2,1-2H3,(H,23,26). The number of carbonyl (C=O) groups is 1. The van der Waals surface area contributed by atoms with Crippen LogP contribution in [0.15, 0.2) is 60.8 Å². The summed E-state index contributed by atoms with van der Waals surface area (Å²) >= 11 is 0. The lowest BCUT2D eigenvalue weighted by Crippen LogP contribution is -2.24. The molecule has 3 aromatic rings. The van der Waals surface area contributed by atoms with Gasteiger partial charge in [0.2, 0.25) is 5.91 Å². The number of aromatic nitrogens is 2. The number of rotatable bonds is 6. The van der Waals surface area contributed by atoms with Crippen molar-refractivity contribution in [2.75, 3.05) is 0 Å². The molecular weight excluding hydrogens is 329 g/mol. The molecule has 0 unspecified atom stereocenters. The smallest absolute Gasteiger partial charge is 0.220 e. The lowest BCUT2D eigenvalue weighted by Gasteiger charge is -2.07. The van der Waals surface area contributed by atoms with Gasteiger partial charge in [-0.3, -0.25) is 4.79 Å². The Labute approximate surface area is 152 Å². The Hall–Kier alpha value is -2.95. The monoisotopic (exact) mass is 351 g/mol. The second-order valence-electron chi connectivity index (χ2n) is 6.66. The van der Waals surface area contributed by atoms with Crippen molar-refractivity contribution in [1.82, 2.24) is 15.1 Å². The van der Waals surface area contributed by atoms with E-state index in [-0.39, 0.29) is 11.7 Å². The molecule has 0 saturated carbocycles. The Morgan fingerprint density at radius 2 is 1.81 bits per heavy atom. The van der Waals surface area contributed by atoms with E-state index in [9.17, 15) is 9.18 Å². The second kappa shape index (κ2) is 7.95. The number of amides is 1. The number of carbonyl (C=O) groups excluding carboxylic acids is 1. The van der Waals surface area contributed by atoms with Crippen LogP contribution in [0, 0.1) is 11.7 Å². The summed E-state index contributed by atoms with van der Waals surface area (Å²) in [6, 6.07) is 16.0. The van der Waals surface area contributed by atoms with Gasteiger partial charge in [-0.05, 0) is 42.3 Å². The lowest BCUT2D eigenvalue weighted by molar-refractivity contribution is -0.121. The molecule has 1 heterocycles. The van der Waals surface area contributed by atoms with Gasteiger partial charge in [0.25, 0.3) is 0 Å². The number of nitrogens with zero attached hydrogens (tertiary/aromatic N) is 2. The van der Waals surface area contributed by atoms with E-state index in [1.807, 2.05) is 50.4 Å². The first kappa shape index (κ1) is 17.9. The third-order valence-electron chi connectivity index (χ3n) is 4.00. The van der Waals surface area contributed by atoms with Crippen LogP contribution in [0.2, 0.25) is 0 Å². The highest BCUT2D eigenvalue weighted by Crippen LogP contribution is 2.24. The molecule has 1 amide bonds. The average Bonchev–Trinajstić information content (AvgIpc) is 3.05. The van der Waals surface area contributed by atoms with Gasteiger partial charge in [0, 0.05) is 30.3 Å². The van der Waals surface area contributed by atoms with Crippen molar-refractivity contribution < 1.29 is 9.18 Å². The number of benzene rings is 2. The number of nitrogens with one attached hydrogen (secondary N) is 1. The van der Waals surface area contributed by atoms with Crippen molar-refractivity contribution in [3.63, 3.8) is 0 Å². The molecule has 3 rings (SSSR count). The van der Waals surface area contributed by atoms with Crippen molar-refractivity contribution in [2.45, 2.75) is 26.8 Å². The molecule has 0 fully saturated rings. The lowest BCUT2D eigenvalue weighted by atomic mass is 10.1. The van der Waals surface area contributed by atoms with Gasteiger partial charge in [0.05, 0.1) is 11.4 Å². The summed E-state index contributed by atoms with van der Waals surface area (Å²) in [5.74, 6) is 0.0270. The van der Waals surface area contributed by atoms with Crippen LogP contribution in [0.5, 0.6) is 0 Å². The minimum atomic E-state index is -0.289. The molecule has 134 valence electrons. The van der Waals surface area contributed by atoms with Crippen molar-refractivity contribution in [3.8, 4) is 16.9 Å². The predicted molar refractivity (Wildman–Crippen MR) is 100 cm³/mol. The zero-order valence-corrected chi connectivity index (χ0v) is 14.9. The predicted octanol–water partition coefficient (Wildman–Crippen LogP) is 4.34. The van der Waals surface area contributed by atoms with Crippen LogP contribution in [0.4, 0.5) is 4.39 Å². The summed E-state index contributed by atoms with van der Waals surface area (Å²) in [6.07, 6.45) is 2.39. The van der Waals surface area contributed by atoms with Gasteiger partial charge in [-0.25, -0.2) is 9.07 Å². The molecule has 4 nitrogen and oxygen atoms in total. The number of hydrogen-bond donors (Lipinski definition) is 1. The molecule has 0 spiro atoms. The molecule has 0 aliphatic carbocycles. The van der Waals surface area contributed by atoms with Crippen molar-refractivity contribution >= 4 is 5.91 Å². The normalized spacial score (nSPS) is 10.9. The fourth-order valence-corrected chi connectivity index (χ4v) is 2.74. The Balaban J connectivity index is 1.91. The second-order valence-corrected chi connectivity index (χ2v) is 6.66. The third-order valence-corrected chi connectivity index (χ3v) is 4.00. The number of halogens is 1. The molecule has 1 aromatic heterocycles. The van der Waals surface area contributed by atoms with E-state index in [4.69, 9.17) is 0 Å². The topological polar surface area (TPSA) is 46.9 Å². The maximum atomic E-state index is 13.3. The van der Waals surface area contributed by atoms with Gasteiger partial charge in [-0.15, -0.1) is 0 Å². The van der Waals surface area contributed by atoms with Crippen LogP contribution in [-0.2, 0) is 11.3 Å². The molecule has 1 N–H and O–H groups in total. The molecule has 0 aliphatic rings. The van der Waals surface area contributed by atoms with Gasteiger partial charge in [0.1, 0.15) is 5.82 Å². The third kappa shape index (κ3) is 4.36. The summed E-state index contributed by atoms with van der Waals surface area (Å²) < 4.78 is 15.0. The van der Waals surface area contributed by atoms with E-state index in [1.165, 1.54) is 12.1 Å². The zero-order valence-electron chi connectivity index (χ0n) is 14.9. The van der Waals surface area contributed by atoms with E-state index < -0.39 is 0 Å². The molecular formula is C21H22FN3O. The fourth-order valence-electron chi connectivity index (χ4n) is 2.74. The van der Waals surface area contributed by atoms with Gasteiger partial charge in [-0.1, -0.05) is 32.0 Å². The first-order valence-corrected chi connectivity index (χ1v) is 8.69. The Kier molecular flexibility index (Phi) is 5.46. The van der Waals surface area contributed by atoms with Gasteiger partial charge >= 0.3 is 0 Å². The van der Waals surface area contributed by atoms with E-state index in [0.29, 0.717) is 18.9 Å². The van der Waals surface area contributed by atoms with E-state index in [1.54, 1.807) is 16.8 Å². The van der Waals surface area contributed by atoms with Crippen LogP contribution in [0.1, 0.15) is 25.8 Å². The molecule has 0 aliphatic heterocycles. The zero-order chi connectivity index (χ0) is 18.5. The van der Waals surface area contributed by atoms with E-state index >= 15 is 0 Å². The molecule has 0 atom stereocenters. The summed E-state index contributed by atoms with van der Waals surface area (Å²) in [5.41, 5.74) is 3.36. The van der Waals surface area contributed by atoms with Gasteiger partial charge in [-0.2, -0.15) is 5.10 Å². The summed E-state index contributed by atoms with van der Waals surface area (Å²) in [6.45, 7) is 4.40. The minimum absolute atomic E-state index is 0.0116. The van der Waals surface area contributed by atoms with E-state index in [0.717, 1.165) is 22.5 Å². The highest BCUT2D eigenvalue weighted by Gasteiger charge is 2.14. The van der Waals surface area contributed by atoms with Crippen molar-refractivity contribution in [1.29, 1.82) is 0 Å². The van der Waals surface area contributed by atoms with Crippen LogP contribution >= 0.6 is 0 Å². The largest absolute Gasteiger partial charge is 0.352 e. The maximum absolute atomic E-state index is 13.3. The van der Waals surface area contributed by atoms with Gasteiger partial charge in [0.15, 0.2) is 0 Å². The Morgan fingerprint density at radius 3 is 2.46 bits per heavy atom. The van der Waals surface area contributed by atoms with E-state index in [2.05, 4.69) is 10.4 Å². The summed E-state index contributed by atoms with van der Waals surface area (Å²) in [4.78, 5) is 12.0. The van der Waals surface area contributed by atoms with Gasteiger partial charge < -0.3 is 5.32 Å². The van der Waals surface area contributed by atoms with Crippen molar-refractivity contribution in [2.24, 2.45) is 5.92 Å². The number of hydrogen-bond acceptors (Lipinski definition) is 2. The Morgan fingerprint density at radius 1 is 1.12 bits per heavy atom. The molecule has 0 radical (unpaired) electrons. The van der Waals surface area contributed by atoms with Crippen LogP contribution in [0.3, 0.4) is 0 Å². The summed E-state index contributed by atoms with van der Waals surface area (Å²) in [7, 11) is 0. The number of para-hydroxylation sites is 1. The Bertz CT molecular complexity index is 870. The molecule has 5 heteroatoms. The highest BCUT2D eigenvalue weighted by molar-refractivity contribution is 5.76. The highest BCUT2D eigenvalue weighted by atomic mass is 19.1. The van der Waals surface area contributed by atoms with Crippen molar-refractivity contribution in [3.05, 3.63) is 72.2 Å². The van der Waals surface area contributed by atoms with Crippen LogP contribution < -0.4 is 5.32 Å². The molecule has 0 bridgehead atoms. The minimum Gasteiger partial charge on any atom is -0.352 e.